The number of nitrogens with zero attached hydrogens (tertiary/aromatic N) is 2. The fourth-order valence-electron chi connectivity index (χ4n) is 3.88. The van der Waals surface area contributed by atoms with Gasteiger partial charge in [0.2, 0.25) is 0 Å². The van der Waals surface area contributed by atoms with E-state index in [0.717, 1.165) is 43.9 Å². The van der Waals surface area contributed by atoms with E-state index < -0.39 is 0 Å². The lowest BCUT2D eigenvalue weighted by Crippen LogP contribution is -2.42. The van der Waals surface area contributed by atoms with Crippen LogP contribution in [0.25, 0.3) is 0 Å². The first-order chi connectivity index (χ1) is 13.2. The van der Waals surface area contributed by atoms with Gasteiger partial charge in [-0.2, -0.15) is 0 Å². The van der Waals surface area contributed by atoms with E-state index in [1.165, 1.54) is 24.9 Å². The zero-order chi connectivity index (χ0) is 19.1. The molecule has 3 N–H and O–H groups in total. The Morgan fingerprint density at radius 2 is 2.26 bits per heavy atom. The number of guanidine groups is 1. The van der Waals surface area contributed by atoms with Gasteiger partial charge in [0.05, 0.1) is 12.6 Å². The normalized spacial score (nSPS) is 23.7. The van der Waals surface area contributed by atoms with Gasteiger partial charge in [0.25, 0.3) is 0 Å². The number of hydrogen-bond acceptors (Lipinski definition) is 4. The molecular formula is C21H34N4O2. The lowest BCUT2D eigenvalue weighted by atomic mass is 10.1. The molecule has 0 radical (unpaired) electrons. The maximum atomic E-state index is 6.10. The minimum atomic E-state index is 0.210. The number of aryl methyl sites for hydroxylation is 1. The van der Waals surface area contributed by atoms with E-state index in [-0.39, 0.29) is 6.10 Å². The van der Waals surface area contributed by atoms with Crippen LogP contribution in [-0.4, -0.2) is 55.9 Å². The molecule has 27 heavy (non-hydrogen) atoms. The van der Waals surface area contributed by atoms with Crippen molar-refractivity contribution < 1.29 is 9.47 Å². The average Bonchev–Trinajstić information content (AvgIpc) is 3.35. The summed E-state index contributed by atoms with van der Waals surface area (Å²) in [5, 5.41) is 3.29. The van der Waals surface area contributed by atoms with Gasteiger partial charge in [-0.3, -0.25) is 4.90 Å². The number of rotatable bonds is 8. The Balaban J connectivity index is 1.53. The molecule has 2 heterocycles. The molecule has 0 spiro atoms. The first-order valence-corrected chi connectivity index (χ1v) is 10.3. The van der Waals surface area contributed by atoms with Crippen molar-refractivity contribution in [3.8, 4) is 5.75 Å². The van der Waals surface area contributed by atoms with Crippen LogP contribution in [0.5, 0.6) is 5.75 Å². The summed E-state index contributed by atoms with van der Waals surface area (Å²) in [6.45, 7) is 9.39. The van der Waals surface area contributed by atoms with Crippen molar-refractivity contribution in [2.45, 2.75) is 58.2 Å². The van der Waals surface area contributed by atoms with Crippen molar-refractivity contribution in [1.82, 2.24) is 10.2 Å². The maximum Gasteiger partial charge on any atom is 0.188 e. The van der Waals surface area contributed by atoms with E-state index in [4.69, 9.17) is 15.2 Å². The fourth-order valence-corrected chi connectivity index (χ4v) is 3.88. The molecule has 0 aliphatic carbocycles. The van der Waals surface area contributed by atoms with Crippen LogP contribution >= 0.6 is 0 Å². The molecule has 2 fully saturated rings. The molecular weight excluding hydrogens is 340 g/mol. The molecule has 6 heteroatoms. The number of likely N-dealkylation sites (tertiary alicyclic amines) is 1. The number of ether oxygens (including phenoxy) is 2. The molecule has 2 aliphatic heterocycles. The molecule has 2 unspecified atom stereocenters. The zero-order valence-electron chi connectivity index (χ0n) is 16.7. The summed E-state index contributed by atoms with van der Waals surface area (Å²) in [5.74, 6) is 1.39. The molecule has 0 aromatic heterocycles. The predicted molar refractivity (Wildman–Crippen MR) is 109 cm³/mol. The van der Waals surface area contributed by atoms with Crippen LogP contribution in [0.3, 0.4) is 0 Å². The summed E-state index contributed by atoms with van der Waals surface area (Å²) in [6.07, 6.45) is 4.91. The summed E-state index contributed by atoms with van der Waals surface area (Å²) in [7, 11) is 0. The summed E-state index contributed by atoms with van der Waals surface area (Å²) in [5.41, 5.74) is 8.33. The third-order valence-corrected chi connectivity index (χ3v) is 5.52. The molecule has 150 valence electrons. The Labute approximate surface area is 163 Å². The molecule has 2 atom stereocenters. The molecule has 2 saturated heterocycles. The SMILES string of the molecule is CCN1CCCC1CNC(N)=NCc1ccc(C)cc1OCC1CCCO1. The van der Waals surface area contributed by atoms with Crippen LogP contribution < -0.4 is 15.8 Å². The fraction of sp³-hybridized carbons (Fsp3) is 0.667. The van der Waals surface area contributed by atoms with Crippen LogP contribution in [0.1, 0.15) is 43.7 Å². The lowest BCUT2D eigenvalue weighted by molar-refractivity contribution is 0.0676. The first kappa shape index (κ1) is 20.0. The minimum absolute atomic E-state index is 0.210. The van der Waals surface area contributed by atoms with E-state index in [1.807, 2.05) is 0 Å². The van der Waals surface area contributed by atoms with Crippen molar-refractivity contribution in [1.29, 1.82) is 0 Å². The van der Waals surface area contributed by atoms with E-state index in [0.29, 0.717) is 25.2 Å². The Morgan fingerprint density at radius 1 is 1.37 bits per heavy atom. The minimum Gasteiger partial charge on any atom is -0.491 e. The van der Waals surface area contributed by atoms with Crippen molar-refractivity contribution in [2.24, 2.45) is 10.7 Å². The molecule has 1 aromatic rings. The number of likely N-dealkylation sites (N-methyl/N-ethyl adjacent to an activating group) is 1. The second-order valence-corrected chi connectivity index (χ2v) is 7.56. The van der Waals surface area contributed by atoms with E-state index in [1.54, 1.807) is 0 Å². The zero-order valence-corrected chi connectivity index (χ0v) is 16.7. The van der Waals surface area contributed by atoms with Crippen LogP contribution in [-0.2, 0) is 11.3 Å². The standard InChI is InChI=1S/C21H34N4O2/c1-3-25-10-4-6-18(25)14-24-21(22)23-13-17-9-8-16(2)12-20(17)27-15-19-7-5-11-26-19/h8-9,12,18-19H,3-7,10-11,13-15H2,1-2H3,(H3,22,23,24). The largest absolute Gasteiger partial charge is 0.491 e. The van der Waals surface area contributed by atoms with Gasteiger partial charge in [0.1, 0.15) is 12.4 Å². The summed E-state index contributed by atoms with van der Waals surface area (Å²) >= 11 is 0. The number of aliphatic imine (C=N–C) groups is 1. The third-order valence-electron chi connectivity index (χ3n) is 5.52. The van der Waals surface area contributed by atoms with E-state index in [9.17, 15) is 0 Å². The van der Waals surface area contributed by atoms with Gasteiger partial charge in [-0.15, -0.1) is 0 Å². The molecule has 0 saturated carbocycles. The predicted octanol–water partition coefficient (Wildman–Crippen LogP) is 2.44. The quantitative estimate of drug-likeness (QED) is 0.540. The number of nitrogens with two attached hydrogens (primary N) is 1. The highest BCUT2D eigenvalue weighted by molar-refractivity contribution is 5.77. The van der Waals surface area contributed by atoms with Gasteiger partial charge in [0.15, 0.2) is 5.96 Å². The summed E-state index contributed by atoms with van der Waals surface area (Å²) in [6, 6.07) is 6.80. The van der Waals surface area contributed by atoms with Crippen molar-refractivity contribution in [3.05, 3.63) is 29.3 Å². The Morgan fingerprint density at radius 3 is 3.04 bits per heavy atom. The number of benzene rings is 1. The molecule has 3 rings (SSSR count). The van der Waals surface area contributed by atoms with Crippen molar-refractivity contribution in [2.75, 3.05) is 32.8 Å². The number of hydrogen-bond donors (Lipinski definition) is 2. The second-order valence-electron chi connectivity index (χ2n) is 7.56. The second kappa shape index (κ2) is 9.95. The van der Waals surface area contributed by atoms with E-state index in [2.05, 4.69) is 47.3 Å². The van der Waals surface area contributed by atoms with E-state index >= 15 is 0 Å². The summed E-state index contributed by atoms with van der Waals surface area (Å²) in [4.78, 5) is 7.03. The Bertz CT molecular complexity index is 629. The molecule has 0 amide bonds. The monoisotopic (exact) mass is 374 g/mol. The van der Waals surface area contributed by atoms with Crippen molar-refractivity contribution in [3.63, 3.8) is 0 Å². The average molecular weight is 375 g/mol. The highest BCUT2D eigenvalue weighted by atomic mass is 16.5. The van der Waals surface area contributed by atoms with Crippen LogP contribution in [0, 0.1) is 6.92 Å². The molecule has 0 bridgehead atoms. The highest BCUT2D eigenvalue weighted by Crippen LogP contribution is 2.23. The van der Waals surface area contributed by atoms with Gasteiger partial charge >= 0.3 is 0 Å². The molecule has 2 aliphatic rings. The van der Waals surface area contributed by atoms with Gasteiger partial charge < -0.3 is 20.5 Å². The van der Waals surface area contributed by atoms with Crippen molar-refractivity contribution >= 4 is 5.96 Å². The molecule has 6 nitrogen and oxygen atoms in total. The topological polar surface area (TPSA) is 72.1 Å². The molecule has 1 aromatic carbocycles. The maximum absolute atomic E-state index is 6.10. The highest BCUT2D eigenvalue weighted by Gasteiger charge is 2.22. The summed E-state index contributed by atoms with van der Waals surface area (Å²) < 4.78 is 11.7. The van der Waals surface area contributed by atoms with Gasteiger partial charge in [-0.1, -0.05) is 19.1 Å². The first-order valence-electron chi connectivity index (χ1n) is 10.3. The van der Waals surface area contributed by atoms with Gasteiger partial charge in [-0.25, -0.2) is 4.99 Å². The Kier molecular flexibility index (Phi) is 7.35. The lowest BCUT2D eigenvalue weighted by Gasteiger charge is -2.23. The van der Waals surface area contributed by atoms with Gasteiger partial charge in [0, 0.05) is 24.8 Å². The smallest absolute Gasteiger partial charge is 0.188 e. The Hall–Kier alpha value is -1.79. The van der Waals surface area contributed by atoms with Crippen LogP contribution in [0.15, 0.2) is 23.2 Å². The van der Waals surface area contributed by atoms with Crippen LogP contribution in [0.4, 0.5) is 0 Å². The van der Waals surface area contributed by atoms with Crippen LogP contribution in [0.2, 0.25) is 0 Å². The third kappa shape index (κ3) is 5.84. The van der Waals surface area contributed by atoms with Gasteiger partial charge in [-0.05, 0) is 57.3 Å². The number of nitrogens with one attached hydrogen (secondary N) is 1.